The van der Waals surface area contributed by atoms with Gasteiger partial charge >= 0.3 is 5.97 Å². The van der Waals surface area contributed by atoms with Gasteiger partial charge in [-0.05, 0) is 30.5 Å². The third-order valence-electron chi connectivity index (χ3n) is 4.27. The Hall–Kier alpha value is -2.08. The van der Waals surface area contributed by atoms with E-state index in [9.17, 15) is 9.59 Å². The first-order valence-corrected chi connectivity index (χ1v) is 7.62. The van der Waals surface area contributed by atoms with E-state index >= 15 is 0 Å². The van der Waals surface area contributed by atoms with Crippen LogP contribution in [0.2, 0.25) is 0 Å². The Labute approximate surface area is 136 Å². The Morgan fingerprint density at radius 2 is 2.09 bits per heavy atom. The fourth-order valence-corrected chi connectivity index (χ4v) is 3.00. The van der Waals surface area contributed by atoms with Crippen molar-refractivity contribution in [2.75, 3.05) is 20.8 Å². The van der Waals surface area contributed by atoms with E-state index in [4.69, 9.17) is 14.6 Å². The lowest BCUT2D eigenvalue weighted by Crippen LogP contribution is -2.38. The van der Waals surface area contributed by atoms with Crippen LogP contribution in [0.5, 0.6) is 5.75 Å². The normalized spacial score (nSPS) is 20.6. The molecule has 1 aromatic carbocycles. The number of nitrogens with zero attached hydrogens (tertiary/aromatic N) is 1. The number of likely N-dealkylation sites (tertiary alicyclic amines) is 1. The van der Waals surface area contributed by atoms with Gasteiger partial charge in [-0.25, -0.2) is 0 Å². The minimum absolute atomic E-state index is 0.0528. The Kier molecular flexibility index (Phi) is 5.60. The van der Waals surface area contributed by atoms with Crippen LogP contribution in [0.3, 0.4) is 0 Å². The molecule has 0 aromatic heterocycles. The molecule has 0 aliphatic carbocycles. The number of hydrogen-bond donors (Lipinski definition) is 1. The van der Waals surface area contributed by atoms with E-state index in [2.05, 4.69) is 0 Å². The van der Waals surface area contributed by atoms with Gasteiger partial charge in [0.05, 0.1) is 26.1 Å². The molecule has 2 atom stereocenters. The van der Waals surface area contributed by atoms with Crippen LogP contribution >= 0.6 is 0 Å². The summed E-state index contributed by atoms with van der Waals surface area (Å²) in [6.45, 7) is 2.38. The van der Waals surface area contributed by atoms with Crippen molar-refractivity contribution in [3.63, 3.8) is 0 Å². The number of aryl methyl sites for hydroxylation is 1. The SMILES string of the molecule is COc1cc(CC(=O)N2CC(OC)CC2CC(=O)O)ccc1C. The number of rotatable bonds is 6. The number of carbonyl (C=O) groups excluding carboxylic acids is 1. The average molecular weight is 321 g/mol. The van der Waals surface area contributed by atoms with Crippen molar-refractivity contribution in [2.45, 2.75) is 38.3 Å². The van der Waals surface area contributed by atoms with Crippen LogP contribution in [0.15, 0.2) is 18.2 Å². The fraction of sp³-hybridized carbons (Fsp3) is 0.529. The van der Waals surface area contributed by atoms with Gasteiger partial charge in [-0.15, -0.1) is 0 Å². The summed E-state index contributed by atoms with van der Waals surface area (Å²) < 4.78 is 10.6. The standard InChI is InChI=1S/C17H23NO5/c1-11-4-5-12(6-15(11)23-3)7-16(19)18-10-14(22-2)8-13(18)9-17(20)21/h4-6,13-14H,7-10H2,1-3H3,(H,20,21). The summed E-state index contributed by atoms with van der Waals surface area (Å²) in [6, 6.07) is 5.35. The van der Waals surface area contributed by atoms with Gasteiger partial charge in [-0.2, -0.15) is 0 Å². The molecule has 1 aliphatic heterocycles. The van der Waals surface area contributed by atoms with Crippen LogP contribution < -0.4 is 4.74 Å². The number of carboxylic acid groups (broad SMARTS) is 1. The topological polar surface area (TPSA) is 76.1 Å². The molecule has 6 heteroatoms. The van der Waals surface area contributed by atoms with Gasteiger partial charge in [0.2, 0.25) is 5.91 Å². The summed E-state index contributed by atoms with van der Waals surface area (Å²) in [5.74, 6) is -0.239. The first-order chi connectivity index (χ1) is 10.9. The minimum Gasteiger partial charge on any atom is -0.496 e. The highest BCUT2D eigenvalue weighted by molar-refractivity contribution is 5.80. The van der Waals surface area contributed by atoms with Crippen LogP contribution in [0.4, 0.5) is 0 Å². The predicted octanol–water partition coefficient (Wildman–Crippen LogP) is 1.64. The number of amides is 1. The third kappa shape index (κ3) is 4.22. The van der Waals surface area contributed by atoms with Gasteiger partial charge in [-0.1, -0.05) is 12.1 Å². The van der Waals surface area contributed by atoms with Crippen molar-refractivity contribution in [1.82, 2.24) is 4.90 Å². The van der Waals surface area contributed by atoms with Crippen molar-refractivity contribution < 1.29 is 24.2 Å². The van der Waals surface area contributed by atoms with E-state index in [1.54, 1.807) is 19.1 Å². The summed E-state index contributed by atoms with van der Waals surface area (Å²) >= 11 is 0. The second-order valence-corrected chi connectivity index (χ2v) is 5.87. The van der Waals surface area contributed by atoms with E-state index in [0.717, 1.165) is 16.9 Å². The van der Waals surface area contributed by atoms with E-state index < -0.39 is 5.97 Å². The van der Waals surface area contributed by atoms with Crippen LogP contribution in [0.25, 0.3) is 0 Å². The molecular weight excluding hydrogens is 298 g/mol. The largest absolute Gasteiger partial charge is 0.496 e. The highest BCUT2D eigenvalue weighted by Crippen LogP contribution is 2.25. The zero-order valence-corrected chi connectivity index (χ0v) is 13.7. The van der Waals surface area contributed by atoms with Crippen LogP contribution in [0, 0.1) is 6.92 Å². The molecule has 126 valence electrons. The van der Waals surface area contributed by atoms with E-state index in [0.29, 0.717) is 13.0 Å². The highest BCUT2D eigenvalue weighted by atomic mass is 16.5. The summed E-state index contributed by atoms with van der Waals surface area (Å²) in [4.78, 5) is 25.2. The van der Waals surface area contributed by atoms with Crippen LogP contribution in [0.1, 0.15) is 24.0 Å². The molecule has 1 heterocycles. The predicted molar refractivity (Wildman–Crippen MR) is 84.6 cm³/mol. The zero-order valence-electron chi connectivity index (χ0n) is 13.7. The van der Waals surface area contributed by atoms with Crippen molar-refractivity contribution in [3.8, 4) is 5.75 Å². The maximum Gasteiger partial charge on any atom is 0.305 e. The Morgan fingerprint density at radius 3 is 2.70 bits per heavy atom. The van der Waals surface area contributed by atoms with E-state index in [1.807, 2.05) is 25.1 Å². The molecule has 6 nitrogen and oxygen atoms in total. The third-order valence-corrected chi connectivity index (χ3v) is 4.27. The first-order valence-electron chi connectivity index (χ1n) is 7.62. The molecule has 23 heavy (non-hydrogen) atoms. The van der Waals surface area contributed by atoms with Gasteiger partial charge in [0.1, 0.15) is 5.75 Å². The van der Waals surface area contributed by atoms with Crippen LogP contribution in [-0.4, -0.2) is 54.8 Å². The molecular formula is C17H23NO5. The number of methoxy groups -OCH3 is 2. The molecule has 2 unspecified atom stereocenters. The van der Waals surface area contributed by atoms with Crippen molar-refractivity contribution in [1.29, 1.82) is 0 Å². The van der Waals surface area contributed by atoms with Gasteiger partial charge in [0.15, 0.2) is 0 Å². The number of carboxylic acids is 1. The van der Waals surface area contributed by atoms with Gasteiger partial charge in [-0.3, -0.25) is 9.59 Å². The molecule has 0 spiro atoms. The van der Waals surface area contributed by atoms with Crippen LogP contribution in [-0.2, 0) is 20.7 Å². The minimum atomic E-state index is -0.901. The number of aliphatic carboxylic acids is 1. The monoisotopic (exact) mass is 321 g/mol. The number of benzene rings is 1. The summed E-state index contributed by atoms with van der Waals surface area (Å²) in [5.41, 5.74) is 1.86. The molecule has 1 N–H and O–H groups in total. The smallest absolute Gasteiger partial charge is 0.305 e. The molecule has 0 bridgehead atoms. The maximum absolute atomic E-state index is 12.6. The Bertz CT molecular complexity index is 586. The summed E-state index contributed by atoms with van der Waals surface area (Å²) in [5, 5.41) is 9.03. The molecule has 1 aliphatic rings. The van der Waals surface area contributed by atoms with Gasteiger partial charge in [0, 0.05) is 19.7 Å². The van der Waals surface area contributed by atoms with Gasteiger partial charge in [0.25, 0.3) is 0 Å². The first kappa shape index (κ1) is 17.3. The van der Waals surface area contributed by atoms with E-state index in [-0.39, 0.29) is 30.9 Å². The molecule has 1 amide bonds. The molecule has 1 saturated heterocycles. The maximum atomic E-state index is 12.6. The second kappa shape index (κ2) is 7.46. The number of hydrogen-bond acceptors (Lipinski definition) is 4. The fourth-order valence-electron chi connectivity index (χ4n) is 3.00. The quantitative estimate of drug-likeness (QED) is 0.862. The van der Waals surface area contributed by atoms with E-state index in [1.165, 1.54) is 0 Å². The molecule has 0 saturated carbocycles. The Balaban J connectivity index is 2.10. The highest BCUT2D eigenvalue weighted by Gasteiger charge is 2.36. The molecule has 1 aromatic rings. The summed E-state index contributed by atoms with van der Waals surface area (Å²) in [7, 11) is 3.18. The summed E-state index contributed by atoms with van der Waals surface area (Å²) in [6.07, 6.45) is 0.633. The lowest BCUT2D eigenvalue weighted by atomic mass is 10.1. The van der Waals surface area contributed by atoms with Crippen molar-refractivity contribution >= 4 is 11.9 Å². The van der Waals surface area contributed by atoms with Gasteiger partial charge < -0.3 is 19.5 Å². The van der Waals surface area contributed by atoms with Crippen molar-refractivity contribution in [2.24, 2.45) is 0 Å². The molecule has 2 rings (SSSR count). The number of ether oxygens (including phenoxy) is 2. The molecule has 1 fully saturated rings. The molecule has 0 radical (unpaired) electrons. The Morgan fingerprint density at radius 1 is 1.35 bits per heavy atom. The lowest BCUT2D eigenvalue weighted by molar-refractivity contribution is -0.139. The lowest BCUT2D eigenvalue weighted by Gasteiger charge is -2.23. The average Bonchev–Trinajstić information content (AvgIpc) is 2.91. The van der Waals surface area contributed by atoms with Crippen molar-refractivity contribution in [3.05, 3.63) is 29.3 Å². The zero-order chi connectivity index (χ0) is 17.0. The second-order valence-electron chi connectivity index (χ2n) is 5.87. The number of carbonyl (C=O) groups is 2.